The Kier molecular flexibility index (Phi) is 5.61. The van der Waals surface area contributed by atoms with Gasteiger partial charge in [-0.1, -0.05) is 33.6 Å². The number of benzene rings is 2. The van der Waals surface area contributed by atoms with Gasteiger partial charge in [-0.2, -0.15) is 0 Å². The Morgan fingerprint density at radius 1 is 1.21 bits per heavy atom. The second-order valence-electron chi connectivity index (χ2n) is 5.28. The maximum absolute atomic E-state index is 13.8. The van der Waals surface area contributed by atoms with Crippen LogP contribution < -0.4 is 9.62 Å². The molecular weight excluding hydrogens is 399 g/mol. The van der Waals surface area contributed by atoms with Gasteiger partial charge in [-0.15, -0.1) is 0 Å². The number of carbonyl (C=O) groups is 1. The molecule has 1 N–H and O–H groups in total. The zero-order valence-corrected chi connectivity index (χ0v) is 15.5. The Morgan fingerprint density at radius 3 is 2.38 bits per heavy atom. The van der Waals surface area contributed by atoms with Gasteiger partial charge in [-0.25, -0.2) is 12.8 Å². The number of sulfonamides is 1. The largest absolute Gasteiger partial charge is 0.322 e. The zero-order valence-electron chi connectivity index (χ0n) is 13.1. The monoisotopic (exact) mass is 414 g/mol. The number of aryl methyl sites for hydroxylation is 1. The van der Waals surface area contributed by atoms with Crippen molar-refractivity contribution in [1.82, 2.24) is 0 Å². The normalized spacial score (nSPS) is 11.2. The molecule has 0 unspecified atom stereocenters. The summed E-state index contributed by atoms with van der Waals surface area (Å²) in [5.41, 5.74) is 1.32. The van der Waals surface area contributed by atoms with Gasteiger partial charge in [-0.05, 0) is 37.3 Å². The first-order valence-electron chi connectivity index (χ1n) is 6.96. The van der Waals surface area contributed by atoms with Gasteiger partial charge in [0, 0.05) is 4.47 Å². The highest BCUT2D eigenvalue weighted by Gasteiger charge is 2.21. The van der Waals surface area contributed by atoms with E-state index in [2.05, 4.69) is 21.2 Å². The molecule has 0 aliphatic heterocycles. The van der Waals surface area contributed by atoms with E-state index in [0.717, 1.165) is 16.1 Å². The summed E-state index contributed by atoms with van der Waals surface area (Å²) in [7, 11) is -3.66. The molecular formula is C16H16BrFN2O3S. The second kappa shape index (κ2) is 7.31. The number of hydrogen-bond donors (Lipinski definition) is 1. The van der Waals surface area contributed by atoms with Crippen LogP contribution in [0.5, 0.6) is 0 Å². The first kappa shape index (κ1) is 18.4. The predicted octanol–water partition coefficient (Wildman–Crippen LogP) is 3.30. The van der Waals surface area contributed by atoms with Crippen LogP contribution in [0.15, 0.2) is 46.9 Å². The minimum absolute atomic E-state index is 0.0134. The molecule has 2 rings (SSSR count). The van der Waals surface area contributed by atoms with E-state index in [0.29, 0.717) is 10.2 Å². The van der Waals surface area contributed by atoms with Crippen LogP contribution in [0.3, 0.4) is 0 Å². The third-order valence-electron chi connectivity index (χ3n) is 3.21. The Bertz CT molecular complexity index is 854. The van der Waals surface area contributed by atoms with Crippen LogP contribution >= 0.6 is 15.9 Å². The van der Waals surface area contributed by atoms with E-state index < -0.39 is 28.3 Å². The SMILES string of the molecule is Cc1ccc(N(CC(=O)Nc2ccc(Br)cc2F)S(C)(=O)=O)cc1. The van der Waals surface area contributed by atoms with Crippen molar-refractivity contribution in [2.24, 2.45) is 0 Å². The number of hydrogen-bond acceptors (Lipinski definition) is 3. The van der Waals surface area contributed by atoms with Gasteiger partial charge in [-0.3, -0.25) is 9.10 Å². The van der Waals surface area contributed by atoms with Gasteiger partial charge >= 0.3 is 0 Å². The van der Waals surface area contributed by atoms with Crippen molar-refractivity contribution in [3.05, 3.63) is 58.3 Å². The van der Waals surface area contributed by atoms with Crippen molar-refractivity contribution in [2.75, 3.05) is 22.4 Å². The molecule has 0 saturated heterocycles. The van der Waals surface area contributed by atoms with Crippen LogP contribution in [0, 0.1) is 12.7 Å². The Labute approximate surface area is 148 Å². The molecule has 0 aromatic heterocycles. The fourth-order valence-corrected chi connectivity index (χ4v) is 3.21. The van der Waals surface area contributed by atoms with Crippen molar-refractivity contribution < 1.29 is 17.6 Å². The highest BCUT2D eigenvalue weighted by Crippen LogP contribution is 2.21. The van der Waals surface area contributed by atoms with Crippen LogP contribution in [-0.4, -0.2) is 27.1 Å². The molecule has 2 aromatic rings. The maximum atomic E-state index is 13.8. The van der Waals surface area contributed by atoms with Crippen LogP contribution in [0.2, 0.25) is 0 Å². The molecule has 0 spiro atoms. The summed E-state index contributed by atoms with van der Waals surface area (Å²) in [6.07, 6.45) is 1.01. The number of carbonyl (C=O) groups excluding carboxylic acids is 1. The number of halogens is 2. The number of anilines is 2. The first-order chi connectivity index (χ1) is 11.2. The van der Waals surface area contributed by atoms with Gasteiger partial charge in [0.1, 0.15) is 12.4 Å². The summed E-state index contributed by atoms with van der Waals surface area (Å²) < 4.78 is 39.2. The highest BCUT2D eigenvalue weighted by atomic mass is 79.9. The van der Waals surface area contributed by atoms with Gasteiger partial charge in [0.25, 0.3) is 0 Å². The molecule has 0 radical (unpaired) electrons. The van der Waals surface area contributed by atoms with E-state index in [4.69, 9.17) is 0 Å². The molecule has 1 amide bonds. The quantitative estimate of drug-likeness (QED) is 0.815. The molecule has 0 aliphatic rings. The standard InChI is InChI=1S/C16H16BrFN2O3S/c1-11-3-6-13(7-4-11)20(24(2,22)23)10-16(21)19-15-8-5-12(17)9-14(15)18/h3-9H,10H2,1-2H3,(H,19,21). The second-order valence-corrected chi connectivity index (χ2v) is 8.10. The van der Waals surface area contributed by atoms with Gasteiger partial charge in [0.05, 0.1) is 17.6 Å². The third-order valence-corrected chi connectivity index (χ3v) is 4.85. The van der Waals surface area contributed by atoms with E-state index in [9.17, 15) is 17.6 Å². The lowest BCUT2D eigenvalue weighted by atomic mass is 10.2. The van der Waals surface area contributed by atoms with Crippen LogP contribution in [0.1, 0.15) is 5.56 Å². The molecule has 0 bridgehead atoms. The molecule has 0 heterocycles. The lowest BCUT2D eigenvalue weighted by Gasteiger charge is -2.22. The topological polar surface area (TPSA) is 66.5 Å². The third kappa shape index (κ3) is 4.78. The number of amides is 1. The molecule has 5 nitrogen and oxygen atoms in total. The van der Waals surface area contributed by atoms with Gasteiger partial charge < -0.3 is 5.32 Å². The minimum Gasteiger partial charge on any atom is -0.322 e. The number of nitrogens with one attached hydrogen (secondary N) is 1. The van der Waals surface area contributed by atoms with Crippen LogP contribution in [0.4, 0.5) is 15.8 Å². The van der Waals surface area contributed by atoms with E-state index >= 15 is 0 Å². The number of nitrogens with zero attached hydrogens (tertiary/aromatic N) is 1. The number of rotatable bonds is 5. The zero-order chi connectivity index (χ0) is 17.9. The fraction of sp³-hybridized carbons (Fsp3) is 0.188. The first-order valence-corrected chi connectivity index (χ1v) is 9.60. The summed E-state index contributed by atoms with van der Waals surface area (Å²) in [6, 6.07) is 10.9. The summed E-state index contributed by atoms with van der Waals surface area (Å²) in [5.74, 6) is -1.25. The molecule has 128 valence electrons. The Hall–Kier alpha value is -1.93. The average Bonchev–Trinajstić information content (AvgIpc) is 2.48. The maximum Gasteiger partial charge on any atom is 0.245 e. The van der Waals surface area contributed by atoms with E-state index in [1.165, 1.54) is 12.1 Å². The van der Waals surface area contributed by atoms with Crippen molar-refractivity contribution in [3.63, 3.8) is 0 Å². The van der Waals surface area contributed by atoms with Crippen molar-refractivity contribution >= 4 is 43.2 Å². The minimum atomic E-state index is -3.66. The van der Waals surface area contributed by atoms with Crippen LogP contribution in [0.25, 0.3) is 0 Å². The smallest absolute Gasteiger partial charge is 0.245 e. The summed E-state index contributed by atoms with van der Waals surface area (Å²) in [6.45, 7) is 1.43. The molecule has 8 heteroatoms. The summed E-state index contributed by atoms with van der Waals surface area (Å²) in [4.78, 5) is 12.2. The lowest BCUT2D eigenvalue weighted by Crippen LogP contribution is -2.37. The van der Waals surface area contributed by atoms with Crippen LogP contribution in [-0.2, 0) is 14.8 Å². The summed E-state index contributed by atoms with van der Waals surface area (Å²) in [5, 5.41) is 2.38. The molecule has 24 heavy (non-hydrogen) atoms. The molecule has 0 saturated carbocycles. The molecule has 0 fully saturated rings. The molecule has 2 aromatic carbocycles. The predicted molar refractivity (Wildman–Crippen MR) is 96.1 cm³/mol. The van der Waals surface area contributed by atoms with Crippen molar-refractivity contribution in [1.29, 1.82) is 0 Å². The van der Waals surface area contributed by atoms with E-state index in [-0.39, 0.29) is 5.69 Å². The van der Waals surface area contributed by atoms with Crippen molar-refractivity contribution in [2.45, 2.75) is 6.92 Å². The average molecular weight is 415 g/mol. The van der Waals surface area contributed by atoms with Gasteiger partial charge in [0.15, 0.2) is 0 Å². The highest BCUT2D eigenvalue weighted by molar-refractivity contribution is 9.10. The Balaban J connectivity index is 2.20. The summed E-state index contributed by atoms with van der Waals surface area (Å²) >= 11 is 3.13. The van der Waals surface area contributed by atoms with Crippen molar-refractivity contribution in [3.8, 4) is 0 Å². The van der Waals surface area contributed by atoms with E-state index in [1.807, 2.05) is 6.92 Å². The molecule has 0 atom stereocenters. The van der Waals surface area contributed by atoms with Gasteiger partial charge in [0.2, 0.25) is 15.9 Å². The fourth-order valence-electron chi connectivity index (χ4n) is 2.02. The van der Waals surface area contributed by atoms with E-state index in [1.54, 1.807) is 30.3 Å². The molecule has 0 aliphatic carbocycles. The Morgan fingerprint density at radius 2 is 1.83 bits per heavy atom. The lowest BCUT2D eigenvalue weighted by molar-refractivity contribution is -0.114.